The predicted octanol–water partition coefficient (Wildman–Crippen LogP) is 2.62. The van der Waals surface area contributed by atoms with Gasteiger partial charge in [-0.3, -0.25) is 4.79 Å². The highest BCUT2D eigenvalue weighted by Crippen LogP contribution is 2.32. The fourth-order valence-electron chi connectivity index (χ4n) is 1.29. The van der Waals surface area contributed by atoms with Crippen LogP contribution in [-0.4, -0.2) is 17.2 Å². The maximum atomic E-state index is 10.5. The highest BCUT2D eigenvalue weighted by molar-refractivity contribution is 9.10. The first-order valence-electron chi connectivity index (χ1n) is 4.82. The van der Waals surface area contributed by atoms with Gasteiger partial charge in [0.05, 0.1) is 17.0 Å². The average molecular weight is 271 g/mol. The van der Waals surface area contributed by atoms with Gasteiger partial charge in [-0.2, -0.15) is 0 Å². The van der Waals surface area contributed by atoms with Gasteiger partial charge in [0.2, 0.25) is 0 Å². The lowest BCUT2D eigenvalue weighted by atomic mass is 10.1. The van der Waals surface area contributed by atoms with E-state index in [1.54, 1.807) is 12.1 Å². The first kappa shape index (κ1) is 10.5. The Morgan fingerprint density at radius 1 is 1.53 bits per heavy atom. The number of ether oxygens (including phenoxy) is 1. The molecule has 1 aliphatic carbocycles. The molecule has 1 N–H and O–H groups in total. The summed E-state index contributed by atoms with van der Waals surface area (Å²) < 4.78 is 6.45. The maximum Gasteiger partial charge on any atom is 0.307 e. The lowest BCUT2D eigenvalue weighted by Gasteiger charge is -2.07. The van der Waals surface area contributed by atoms with E-state index < -0.39 is 5.97 Å². The molecular formula is C11H11BrO3. The molecule has 0 bridgehead atoms. The van der Waals surface area contributed by atoms with E-state index in [9.17, 15) is 4.79 Å². The van der Waals surface area contributed by atoms with E-state index >= 15 is 0 Å². The molecular weight excluding hydrogens is 260 g/mol. The summed E-state index contributed by atoms with van der Waals surface area (Å²) in [5.74, 6) is -0.0237. The van der Waals surface area contributed by atoms with Crippen LogP contribution in [0.5, 0.6) is 5.75 Å². The second-order valence-electron chi connectivity index (χ2n) is 3.65. The summed E-state index contributed by atoms with van der Waals surface area (Å²) in [4.78, 5) is 10.5. The molecule has 0 saturated heterocycles. The summed E-state index contributed by atoms with van der Waals surface area (Å²) in [7, 11) is 0. The van der Waals surface area contributed by atoms with Crippen molar-refractivity contribution >= 4 is 21.9 Å². The molecule has 0 spiro atoms. The molecule has 15 heavy (non-hydrogen) atoms. The SMILES string of the molecule is O=C(O)Cc1ccc(OC2CC2)c(Br)c1. The van der Waals surface area contributed by atoms with E-state index in [1.165, 1.54) is 0 Å². The smallest absolute Gasteiger partial charge is 0.307 e. The number of carboxylic acids is 1. The molecule has 3 nitrogen and oxygen atoms in total. The molecule has 1 fully saturated rings. The lowest BCUT2D eigenvalue weighted by Crippen LogP contribution is -2.01. The van der Waals surface area contributed by atoms with Gasteiger partial charge in [-0.15, -0.1) is 0 Å². The van der Waals surface area contributed by atoms with Crippen molar-refractivity contribution in [3.63, 3.8) is 0 Å². The molecule has 1 aromatic carbocycles. The van der Waals surface area contributed by atoms with E-state index in [0.29, 0.717) is 6.10 Å². The quantitative estimate of drug-likeness (QED) is 0.915. The highest BCUT2D eigenvalue weighted by Gasteiger charge is 2.24. The standard InChI is InChI=1S/C11H11BrO3/c12-9-5-7(6-11(13)14)1-4-10(9)15-8-2-3-8/h1,4-5,8H,2-3,6H2,(H,13,14). The Kier molecular flexibility index (Phi) is 2.95. The Morgan fingerprint density at radius 3 is 2.80 bits per heavy atom. The normalized spacial score (nSPS) is 15.0. The van der Waals surface area contributed by atoms with Gasteiger partial charge in [0.15, 0.2) is 0 Å². The predicted molar refractivity (Wildman–Crippen MR) is 59.1 cm³/mol. The molecule has 0 heterocycles. The number of carboxylic acid groups (broad SMARTS) is 1. The van der Waals surface area contributed by atoms with Gasteiger partial charge in [0.25, 0.3) is 0 Å². The van der Waals surface area contributed by atoms with Crippen molar-refractivity contribution in [2.45, 2.75) is 25.4 Å². The second kappa shape index (κ2) is 4.23. The first-order chi connectivity index (χ1) is 7.15. The number of halogens is 1. The van der Waals surface area contributed by atoms with Crippen molar-refractivity contribution in [2.75, 3.05) is 0 Å². The monoisotopic (exact) mass is 270 g/mol. The van der Waals surface area contributed by atoms with Gasteiger partial charge in [-0.25, -0.2) is 0 Å². The summed E-state index contributed by atoms with van der Waals surface area (Å²) in [6.07, 6.45) is 2.63. The van der Waals surface area contributed by atoms with E-state index in [1.807, 2.05) is 6.07 Å². The molecule has 1 aliphatic rings. The fourth-order valence-corrected chi connectivity index (χ4v) is 1.81. The second-order valence-corrected chi connectivity index (χ2v) is 4.51. The first-order valence-corrected chi connectivity index (χ1v) is 5.61. The van der Waals surface area contributed by atoms with Gasteiger partial charge in [-0.05, 0) is 46.5 Å². The summed E-state index contributed by atoms with van der Waals surface area (Å²) in [6, 6.07) is 5.41. The molecule has 0 aromatic heterocycles. The highest BCUT2D eigenvalue weighted by atomic mass is 79.9. The largest absolute Gasteiger partial charge is 0.489 e. The van der Waals surface area contributed by atoms with Crippen LogP contribution in [0.4, 0.5) is 0 Å². The number of hydrogen-bond donors (Lipinski definition) is 1. The van der Waals surface area contributed by atoms with Crippen molar-refractivity contribution in [2.24, 2.45) is 0 Å². The summed E-state index contributed by atoms with van der Waals surface area (Å²) in [6.45, 7) is 0. The van der Waals surface area contributed by atoms with E-state index in [-0.39, 0.29) is 6.42 Å². The third-order valence-corrected chi connectivity index (χ3v) is 2.79. The minimum Gasteiger partial charge on any atom is -0.489 e. The van der Waals surface area contributed by atoms with E-state index in [4.69, 9.17) is 9.84 Å². The van der Waals surface area contributed by atoms with Crippen LogP contribution in [0.15, 0.2) is 22.7 Å². The minimum atomic E-state index is -0.822. The van der Waals surface area contributed by atoms with E-state index in [2.05, 4.69) is 15.9 Å². The zero-order valence-corrected chi connectivity index (χ0v) is 9.66. The van der Waals surface area contributed by atoms with Gasteiger partial charge in [-0.1, -0.05) is 6.07 Å². The number of aliphatic carboxylic acids is 1. The number of benzene rings is 1. The molecule has 0 aliphatic heterocycles. The molecule has 1 saturated carbocycles. The van der Waals surface area contributed by atoms with Crippen LogP contribution < -0.4 is 4.74 Å². The Hall–Kier alpha value is -1.03. The minimum absolute atomic E-state index is 0.0440. The molecule has 0 amide bonds. The molecule has 0 atom stereocenters. The average Bonchev–Trinajstić information content (AvgIpc) is 2.92. The van der Waals surface area contributed by atoms with Crippen LogP contribution in [-0.2, 0) is 11.2 Å². The Labute approximate surface area is 96.2 Å². The van der Waals surface area contributed by atoms with Crippen molar-refractivity contribution in [1.29, 1.82) is 0 Å². The van der Waals surface area contributed by atoms with Gasteiger partial charge < -0.3 is 9.84 Å². The molecule has 2 rings (SSSR count). The van der Waals surface area contributed by atoms with Crippen LogP contribution in [0.3, 0.4) is 0 Å². The van der Waals surface area contributed by atoms with Crippen LogP contribution in [0, 0.1) is 0 Å². The van der Waals surface area contributed by atoms with Crippen LogP contribution in [0.1, 0.15) is 18.4 Å². The molecule has 0 unspecified atom stereocenters. The Morgan fingerprint density at radius 2 is 2.27 bits per heavy atom. The maximum absolute atomic E-state index is 10.5. The van der Waals surface area contributed by atoms with Gasteiger partial charge in [0.1, 0.15) is 5.75 Å². The molecule has 1 aromatic rings. The molecule has 80 valence electrons. The molecule has 0 radical (unpaired) electrons. The summed E-state index contributed by atoms with van der Waals surface area (Å²) in [5, 5.41) is 8.64. The fraction of sp³-hybridized carbons (Fsp3) is 0.364. The van der Waals surface area contributed by atoms with Crippen molar-refractivity contribution in [3.05, 3.63) is 28.2 Å². The van der Waals surface area contributed by atoms with Crippen LogP contribution >= 0.6 is 15.9 Å². The topological polar surface area (TPSA) is 46.5 Å². The van der Waals surface area contributed by atoms with Gasteiger partial charge >= 0.3 is 5.97 Å². The third kappa shape index (κ3) is 2.96. The van der Waals surface area contributed by atoms with Crippen molar-refractivity contribution in [3.8, 4) is 5.75 Å². The summed E-state index contributed by atoms with van der Waals surface area (Å²) in [5.41, 5.74) is 0.775. The van der Waals surface area contributed by atoms with E-state index in [0.717, 1.165) is 28.6 Å². The Balaban J connectivity index is 2.10. The third-order valence-electron chi connectivity index (χ3n) is 2.17. The van der Waals surface area contributed by atoms with Crippen LogP contribution in [0.25, 0.3) is 0 Å². The lowest BCUT2D eigenvalue weighted by molar-refractivity contribution is -0.136. The molecule has 4 heteroatoms. The zero-order valence-electron chi connectivity index (χ0n) is 8.07. The van der Waals surface area contributed by atoms with Gasteiger partial charge in [0, 0.05) is 0 Å². The number of hydrogen-bond acceptors (Lipinski definition) is 2. The Bertz CT molecular complexity index is 385. The summed E-state index contributed by atoms with van der Waals surface area (Å²) >= 11 is 3.38. The van der Waals surface area contributed by atoms with Crippen molar-refractivity contribution in [1.82, 2.24) is 0 Å². The van der Waals surface area contributed by atoms with Crippen LogP contribution in [0.2, 0.25) is 0 Å². The zero-order chi connectivity index (χ0) is 10.8. The number of carbonyl (C=O) groups is 1. The van der Waals surface area contributed by atoms with Crippen molar-refractivity contribution < 1.29 is 14.6 Å². The number of rotatable bonds is 4.